The fourth-order valence-electron chi connectivity index (χ4n) is 4.56. The first-order valence-electron chi connectivity index (χ1n) is 12.0. The van der Waals surface area contributed by atoms with Crippen molar-refractivity contribution in [2.45, 2.75) is 19.9 Å². The molecule has 38 heavy (non-hydrogen) atoms. The summed E-state index contributed by atoms with van der Waals surface area (Å²) in [7, 11) is 3.14. The predicted molar refractivity (Wildman–Crippen MR) is 146 cm³/mol. The summed E-state index contributed by atoms with van der Waals surface area (Å²) in [5.41, 5.74) is 2.48. The van der Waals surface area contributed by atoms with Crippen LogP contribution in [0.3, 0.4) is 0 Å². The summed E-state index contributed by atoms with van der Waals surface area (Å²) in [6.45, 7) is 4.24. The molecule has 194 valence electrons. The maximum absolute atomic E-state index is 13.5. The van der Waals surface area contributed by atoms with Gasteiger partial charge in [0, 0.05) is 5.56 Å². The number of aromatic nitrogens is 1. The molecular weight excluding hydrogens is 504 g/mol. The summed E-state index contributed by atoms with van der Waals surface area (Å²) in [5.74, 6) is 0.153. The Kier molecular flexibility index (Phi) is 6.77. The van der Waals surface area contributed by atoms with Crippen LogP contribution >= 0.6 is 11.3 Å². The quantitative estimate of drug-likeness (QED) is 0.187. The average molecular weight is 531 g/mol. The molecule has 2 heterocycles. The lowest BCUT2D eigenvalue weighted by atomic mass is 9.95. The molecule has 1 aliphatic rings. The van der Waals surface area contributed by atoms with Gasteiger partial charge in [0.15, 0.2) is 5.13 Å². The molecule has 1 unspecified atom stereocenters. The Morgan fingerprint density at radius 1 is 1.00 bits per heavy atom. The first-order valence-corrected chi connectivity index (χ1v) is 12.8. The van der Waals surface area contributed by atoms with Crippen LogP contribution in [0.25, 0.3) is 16.0 Å². The number of amides is 1. The Labute approximate surface area is 223 Å². The van der Waals surface area contributed by atoms with E-state index in [2.05, 4.69) is 4.98 Å². The third-order valence-electron chi connectivity index (χ3n) is 6.41. The topological polar surface area (TPSA) is 98.2 Å². The summed E-state index contributed by atoms with van der Waals surface area (Å²) in [4.78, 5) is 33.0. The molecule has 3 aromatic carbocycles. The number of ether oxygens (including phenoxy) is 3. The van der Waals surface area contributed by atoms with E-state index in [0.29, 0.717) is 45.6 Å². The van der Waals surface area contributed by atoms with Gasteiger partial charge in [-0.15, -0.1) is 0 Å². The Morgan fingerprint density at radius 3 is 2.39 bits per heavy atom. The number of carbonyl (C=O) groups is 2. The van der Waals surface area contributed by atoms with Gasteiger partial charge in [-0.2, -0.15) is 0 Å². The zero-order valence-electron chi connectivity index (χ0n) is 21.3. The van der Waals surface area contributed by atoms with Crippen molar-refractivity contribution in [1.29, 1.82) is 0 Å². The van der Waals surface area contributed by atoms with Crippen molar-refractivity contribution < 1.29 is 28.9 Å². The molecule has 1 aliphatic heterocycles. The number of rotatable bonds is 7. The Balaban J connectivity index is 1.69. The van der Waals surface area contributed by atoms with E-state index in [4.69, 9.17) is 14.2 Å². The van der Waals surface area contributed by atoms with Gasteiger partial charge < -0.3 is 19.3 Å². The van der Waals surface area contributed by atoms with Crippen LogP contribution in [0.5, 0.6) is 17.2 Å². The Morgan fingerprint density at radius 2 is 1.74 bits per heavy atom. The molecule has 0 radical (unpaired) electrons. The molecule has 1 N–H and O–H groups in total. The van der Waals surface area contributed by atoms with E-state index in [9.17, 15) is 14.7 Å². The number of hydrogen-bond acceptors (Lipinski definition) is 8. The van der Waals surface area contributed by atoms with Gasteiger partial charge in [-0.25, -0.2) is 4.98 Å². The second kappa shape index (κ2) is 10.2. The molecule has 0 spiro atoms. The number of Topliss-reactive ketones (excluding diaryl/α,β-unsaturated/α-hetero) is 1. The van der Waals surface area contributed by atoms with Crippen molar-refractivity contribution in [3.05, 3.63) is 82.9 Å². The monoisotopic (exact) mass is 530 g/mol. The molecule has 4 aromatic rings. The van der Waals surface area contributed by atoms with Crippen molar-refractivity contribution in [1.82, 2.24) is 4.98 Å². The number of anilines is 1. The largest absolute Gasteiger partial charge is 0.507 e. The molecule has 9 heteroatoms. The van der Waals surface area contributed by atoms with Crippen molar-refractivity contribution in [2.75, 3.05) is 25.7 Å². The van der Waals surface area contributed by atoms with Crippen LogP contribution in [-0.4, -0.2) is 42.6 Å². The number of hydrogen-bond donors (Lipinski definition) is 1. The molecule has 8 nitrogen and oxygen atoms in total. The number of aliphatic hydroxyl groups excluding tert-OH is 1. The number of thiazole rings is 1. The minimum atomic E-state index is -0.893. The van der Waals surface area contributed by atoms with Gasteiger partial charge >= 0.3 is 5.91 Å². The number of methoxy groups -OCH3 is 2. The van der Waals surface area contributed by atoms with Gasteiger partial charge in [0.05, 0.1) is 42.7 Å². The van der Waals surface area contributed by atoms with Gasteiger partial charge in [0.25, 0.3) is 5.78 Å². The fourth-order valence-corrected chi connectivity index (χ4v) is 5.58. The zero-order chi connectivity index (χ0) is 27.0. The van der Waals surface area contributed by atoms with Gasteiger partial charge in [-0.05, 0) is 73.5 Å². The lowest BCUT2D eigenvalue weighted by molar-refractivity contribution is -0.132. The van der Waals surface area contributed by atoms with E-state index in [1.165, 1.54) is 16.2 Å². The molecule has 5 rings (SSSR count). The lowest BCUT2D eigenvalue weighted by Gasteiger charge is -2.23. The normalized spacial score (nSPS) is 16.7. The number of aryl methyl sites for hydroxylation is 1. The summed E-state index contributed by atoms with van der Waals surface area (Å²) in [5, 5.41) is 11.8. The number of benzene rings is 3. The zero-order valence-corrected chi connectivity index (χ0v) is 22.2. The van der Waals surface area contributed by atoms with Gasteiger partial charge in [0.2, 0.25) is 0 Å². The van der Waals surface area contributed by atoms with Crippen LogP contribution in [-0.2, 0) is 9.59 Å². The van der Waals surface area contributed by atoms with Crippen molar-refractivity contribution in [2.24, 2.45) is 0 Å². The maximum Gasteiger partial charge on any atom is 0.301 e. The highest BCUT2D eigenvalue weighted by Gasteiger charge is 2.48. The van der Waals surface area contributed by atoms with Crippen LogP contribution in [0.4, 0.5) is 5.13 Å². The van der Waals surface area contributed by atoms with Crippen molar-refractivity contribution in [3.63, 3.8) is 0 Å². The smallest absolute Gasteiger partial charge is 0.301 e. The van der Waals surface area contributed by atoms with Crippen molar-refractivity contribution >= 4 is 44.1 Å². The summed E-state index contributed by atoms with van der Waals surface area (Å²) < 4.78 is 17.0. The van der Waals surface area contributed by atoms with Gasteiger partial charge in [0.1, 0.15) is 23.0 Å². The standard InChI is InChI=1S/C29H26N2O6S/c1-5-37-19-9-6-17(7-10-19)25-24(26(32)18-8-13-22(36-4)16(2)14-18)27(33)28(34)31(25)29-30-21-12-11-20(35-3)15-23(21)38-29/h6-15,25,32H,5H2,1-4H3. The SMILES string of the molecule is CCOc1ccc(C2C(=C(O)c3ccc(OC)c(C)c3)C(=O)C(=O)N2c2nc3ccc(OC)cc3s2)cc1. The highest BCUT2D eigenvalue weighted by atomic mass is 32.1. The molecule has 1 saturated heterocycles. The number of ketones is 1. The van der Waals surface area contributed by atoms with Gasteiger partial charge in [-0.1, -0.05) is 23.5 Å². The highest BCUT2D eigenvalue weighted by Crippen LogP contribution is 2.45. The lowest BCUT2D eigenvalue weighted by Crippen LogP contribution is -2.29. The Bertz CT molecular complexity index is 1570. The Hall–Kier alpha value is -4.37. The van der Waals surface area contributed by atoms with Gasteiger partial charge in [-0.3, -0.25) is 14.5 Å². The first kappa shape index (κ1) is 25.3. The second-order valence-electron chi connectivity index (χ2n) is 8.69. The van der Waals surface area contributed by atoms with Crippen LogP contribution in [0, 0.1) is 6.92 Å². The van der Waals surface area contributed by atoms with E-state index in [-0.39, 0.29) is 11.3 Å². The molecule has 1 atom stereocenters. The fraction of sp³-hybridized carbons (Fsp3) is 0.207. The van der Waals surface area contributed by atoms with Crippen LogP contribution < -0.4 is 19.1 Å². The number of nitrogens with zero attached hydrogens (tertiary/aromatic N) is 2. The molecule has 0 bridgehead atoms. The van der Waals surface area contributed by atoms with Crippen LogP contribution in [0.2, 0.25) is 0 Å². The molecule has 1 fully saturated rings. The molecule has 0 saturated carbocycles. The summed E-state index contributed by atoms with van der Waals surface area (Å²) in [6, 6.07) is 16.8. The van der Waals surface area contributed by atoms with E-state index in [0.717, 1.165) is 10.3 Å². The van der Waals surface area contributed by atoms with Crippen LogP contribution in [0.15, 0.2) is 66.2 Å². The van der Waals surface area contributed by atoms with E-state index >= 15 is 0 Å². The minimum absolute atomic E-state index is 0.0134. The predicted octanol–water partition coefficient (Wildman–Crippen LogP) is 5.65. The average Bonchev–Trinajstić information content (AvgIpc) is 3.46. The number of carbonyl (C=O) groups excluding carboxylic acids is 2. The third-order valence-corrected chi connectivity index (χ3v) is 7.43. The number of aliphatic hydroxyl groups is 1. The first-order chi connectivity index (χ1) is 18.4. The third kappa shape index (κ3) is 4.35. The summed E-state index contributed by atoms with van der Waals surface area (Å²) >= 11 is 1.27. The highest BCUT2D eigenvalue weighted by molar-refractivity contribution is 7.22. The second-order valence-corrected chi connectivity index (χ2v) is 9.69. The molecule has 1 aromatic heterocycles. The van der Waals surface area contributed by atoms with E-state index < -0.39 is 17.7 Å². The minimum Gasteiger partial charge on any atom is -0.507 e. The molecule has 0 aliphatic carbocycles. The maximum atomic E-state index is 13.5. The van der Waals surface area contributed by atoms with Crippen molar-refractivity contribution in [3.8, 4) is 17.2 Å². The van der Waals surface area contributed by atoms with E-state index in [1.807, 2.05) is 19.9 Å². The van der Waals surface area contributed by atoms with Crippen LogP contribution in [0.1, 0.15) is 29.7 Å². The summed E-state index contributed by atoms with van der Waals surface area (Å²) in [6.07, 6.45) is 0. The molecule has 1 amide bonds. The van der Waals surface area contributed by atoms with E-state index in [1.54, 1.807) is 68.8 Å². The number of fused-ring (bicyclic) bond motifs is 1. The molecular formula is C29H26N2O6S.